The minimum absolute atomic E-state index is 0.0484. The monoisotopic (exact) mass is 551 g/mol. The summed E-state index contributed by atoms with van der Waals surface area (Å²) in [6.07, 6.45) is 1.79. The lowest BCUT2D eigenvalue weighted by Crippen LogP contribution is -2.36. The van der Waals surface area contributed by atoms with Gasteiger partial charge in [-0.05, 0) is 67.9 Å². The van der Waals surface area contributed by atoms with Gasteiger partial charge < -0.3 is 15.4 Å². The lowest BCUT2D eigenvalue weighted by atomic mass is 10.0. The Bertz CT molecular complexity index is 1240. The molecule has 0 spiro atoms. The minimum atomic E-state index is -0.328. The maximum atomic E-state index is 13.0. The topological polar surface area (TPSA) is 79.5 Å². The molecule has 3 aromatic rings. The number of rotatable bonds is 6. The Morgan fingerprint density at radius 3 is 2.57 bits per heavy atom. The summed E-state index contributed by atoms with van der Waals surface area (Å²) >= 11 is 8.74. The van der Waals surface area contributed by atoms with E-state index in [1.54, 1.807) is 42.5 Å². The molecular formula is C27H26BrN3O3S. The zero-order valence-corrected chi connectivity index (χ0v) is 21.6. The highest BCUT2D eigenvalue weighted by Crippen LogP contribution is 2.32. The number of amides is 2. The van der Waals surface area contributed by atoms with Gasteiger partial charge in [0.25, 0.3) is 11.8 Å². The lowest BCUT2D eigenvalue weighted by Gasteiger charge is -2.17. The van der Waals surface area contributed by atoms with Crippen molar-refractivity contribution in [3.8, 4) is 0 Å². The number of nitrogens with one attached hydrogen (secondary N) is 3. The van der Waals surface area contributed by atoms with Gasteiger partial charge in [-0.15, -0.1) is 0 Å². The van der Waals surface area contributed by atoms with Gasteiger partial charge in [-0.1, -0.05) is 64.0 Å². The molecule has 0 aliphatic carbocycles. The third-order valence-electron chi connectivity index (χ3n) is 5.75. The highest BCUT2D eigenvalue weighted by Gasteiger charge is 2.27. The number of ether oxygens (including phenoxy) is 1. The van der Waals surface area contributed by atoms with Crippen molar-refractivity contribution in [3.05, 3.63) is 99.5 Å². The van der Waals surface area contributed by atoms with Crippen molar-refractivity contribution in [2.45, 2.75) is 32.0 Å². The predicted octanol–water partition coefficient (Wildman–Crippen LogP) is 5.53. The van der Waals surface area contributed by atoms with Gasteiger partial charge in [0.1, 0.15) is 0 Å². The van der Waals surface area contributed by atoms with E-state index in [0.29, 0.717) is 23.4 Å². The highest BCUT2D eigenvalue weighted by molar-refractivity contribution is 9.10. The van der Waals surface area contributed by atoms with Crippen LogP contribution in [0, 0.1) is 6.92 Å². The molecule has 180 valence electrons. The van der Waals surface area contributed by atoms with E-state index in [0.717, 1.165) is 17.3 Å². The van der Waals surface area contributed by atoms with Crippen LogP contribution >= 0.6 is 28.1 Å². The fourth-order valence-corrected chi connectivity index (χ4v) is 4.57. The molecule has 35 heavy (non-hydrogen) atoms. The third-order valence-corrected chi connectivity index (χ3v) is 6.45. The number of aryl methyl sites for hydroxylation is 1. The van der Waals surface area contributed by atoms with Gasteiger partial charge in [0, 0.05) is 16.6 Å². The van der Waals surface area contributed by atoms with Crippen LogP contribution < -0.4 is 16.0 Å². The van der Waals surface area contributed by atoms with E-state index in [1.165, 1.54) is 11.1 Å². The smallest absolute Gasteiger partial charge is 0.257 e. The summed E-state index contributed by atoms with van der Waals surface area (Å²) in [4.78, 5) is 25.4. The first-order valence-electron chi connectivity index (χ1n) is 11.4. The largest absolute Gasteiger partial charge is 0.368 e. The first-order valence-corrected chi connectivity index (χ1v) is 12.6. The molecule has 0 bridgehead atoms. The van der Waals surface area contributed by atoms with Crippen LogP contribution in [-0.2, 0) is 4.74 Å². The summed E-state index contributed by atoms with van der Waals surface area (Å²) in [7, 11) is 0. The number of benzene rings is 3. The van der Waals surface area contributed by atoms with Gasteiger partial charge in [-0.3, -0.25) is 14.9 Å². The molecule has 2 unspecified atom stereocenters. The standard InChI is InChI=1S/C27H26BrN3O3S/c1-17-6-5-9-19(14-17)24-13-11-21(34-24)16-29-26(33)22-12-10-20(28)15-23(22)30-27(35)31-25(32)18-7-3-2-4-8-18/h2-10,12,14-15,21,24H,11,13,16H2,1H3,(H,29,33)(H2,30,31,32,35). The Morgan fingerprint density at radius 2 is 1.80 bits per heavy atom. The van der Waals surface area contributed by atoms with Crippen LogP contribution in [-0.4, -0.2) is 29.6 Å². The fourth-order valence-electron chi connectivity index (χ4n) is 4.01. The Balaban J connectivity index is 1.35. The Labute approximate surface area is 218 Å². The number of halogens is 1. The van der Waals surface area contributed by atoms with Crippen LogP contribution in [0.2, 0.25) is 0 Å². The van der Waals surface area contributed by atoms with Gasteiger partial charge in [-0.25, -0.2) is 0 Å². The number of anilines is 1. The number of hydrogen-bond donors (Lipinski definition) is 3. The molecule has 1 saturated heterocycles. The second-order valence-electron chi connectivity index (χ2n) is 8.41. The Kier molecular flexibility index (Phi) is 8.28. The minimum Gasteiger partial charge on any atom is -0.368 e. The van der Waals surface area contributed by atoms with Gasteiger partial charge >= 0.3 is 0 Å². The fraction of sp³-hybridized carbons (Fsp3) is 0.222. The number of carbonyl (C=O) groups is 2. The summed E-state index contributed by atoms with van der Waals surface area (Å²) in [5, 5.41) is 8.69. The molecule has 1 fully saturated rings. The molecule has 4 rings (SSSR count). The van der Waals surface area contributed by atoms with Crippen LogP contribution in [0.1, 0.15) is 50.8 Å². The van der Waals surface area contributed by atoms with Crippen molar-refractivity contribution < 1.29 is 14.3 Å². The SMILES string of the molecule is Cc1cccc(C2CCC(CNC(=O)c3ccc(Br)cc3NC(=S)NC(=O)c3ccccc3)O2)c1. The molecule has 2 atom stereocenters. The predicted molar refractivity (Wildman–Crippen MR) is 145 cm³/mol. The Hall–Kier alpha value is -3.07. The van der Waals surface area contributed by atoms with Crippen molar-refractivity contribution in [3.63, 3.8) is 0 Å². The molecule has 2 amide bonds. The van der Waals surface area contributed by atoms with Gasteiger partial charge in [-0.2, -0.15) is 0 Å². The zero-order valence-electron chi connectivity index (χ0n) is 19.2. The molecule has 1 aliphatic heterocycles. The van der Waals surface area contributed by atoms with Gasteiger partial charge in [0.2, 0.25) is 0 Å². The lowest BCUT2D eigenvalue weighted by molar-refractivity contribution is 0.0435. The van der Waals surface area contributed by atoms with E-state index in [2.05, 4.69) is 57.0 Å². The maximum Gasteiger partial charge on any atom is 0.257 e. The number of thiocarbonyl (C=S) groups is 1. The van der Waals surface area contributed by atoms with E-state index in [-0.39, 0.29) is 29.1 Å². The summed E-state index contributed by atoms with van der Waals surface area (Å²) in [6, 6.07) is 22.3. The van der Waals surface area contributed by atoms with Crippen molar-refractivity contribution in [1.82, 2.24) is 10.6 Å². The molecule has 0 radical (unpaired) electrons. The van der Waals surface area contributed by atoms with Crippen molar-refractivity contribution in [2.24, 2.45) is 0 Å². The number of hydrogen-bond acceptors (Lipinski definition) is 4. The zero-order chi connectivity index (χ0) is 24.8. The Morgan fingerprint density at radius 1 is 1.00 bits per heavy atom. The average molecular weight is 552 g/mol. The van der Waals surface area contributed by atoms with Crippen LogP contribution in [0.4, 0.5) is 5.69 Å². The molecule has 0 aromatic heterocycles. The van der Waals surface area contributed by atoms with E-state index in [9.17, 15) is 9.59 Å². The van der Waals surface area contributed by atoms with Crippen molar-refractivity contribution in [1.29, 1.82) is 0 Å². The van der Waals surface area contributed by atoms with Crippen LogP contribution in [0.15, 0.2) is 77.3 Å². The van der Waals surface area contributed by atoms with Gasteiger partial charge in [0.15, 0.2) is 5.11 Å². The first kappa shape index (κ1) is 25.0. The van der Waals surface area contributed by atoms with Crippen LogP contribution in [0.25, 0.3) is 0 Å². The molecular weight excluding hydrogens is 526 g/mol. The van der Waals surface area contributed by atoms with E-state index < -0.39 is 0 Å². The van der Waals surface area contributed by atoms with Crippen LogP contribution in [0.5, 0.6) is 0 Å². The average Bonchev–Trinajstić information content (AvgIpc) is 3.32. The second kappa shape index (κ2) is 11.6. The molecule has 6 nitrogen and oxygen atoms in total. The molecule has 0 saturated carbocycles. The van der Waals surface area contributed by atoms with Gasteiger partial charge in [0.05, 0.1) is 23.5 Å². The summed E-state index contributed by atoms with van der Waals surface area (Å²) in [6.45, 7) is 2.48. The summed E-state index contributed by atoms with van der Waals surface area (Å²) in [5.41, 5.74) is 3.77. The number of carbonyl (C=O) groups excluding carboxylic acids is 2. The molecule has 1 aliphatic rings. The maximum absolute atomic E-state index is 13.0. The second-order valence-corrected chi connectivity index (χ2v) is 9.74. The van der Waals surface area contributed by atoms with Crippen molar-refractivity contribution in [2.75, 3.05) is 11.9 Å². The quantitative estimate of drug-likeness (QED) is 0.351. The molecule has 3 N–H and O–H groups in total. The van der Waals surface area contributed by atoms with Crippen LogP contribution in [0.3, 0.4) is 0 Å². The molecule has 8 heteroatoms. The van der Waals surface area contributed by atoms with E-state index in [1.807, 2.05) is 12.1 Å². The normalized spacial score (nSPS) is 17.0. The highest BCUT2D eigenvalue weighted by atomic mass is 79.9. The third kappa shape index (κ3) is 6.75. The molecule has 1 heterocycles. The van der Waals surface area contributed by atoms with E-state index >= 15 is 0 Å². The van der Waals surface area contributed by atoms with E-state index in [4.69, 9.17) is 17.0 Å². The molecule has 3 aromatic carbocycles. The summed E-state index contributed by atoms with van der Waals surface area (Å²) < 4.78 is 6.95. The first-order chi connectivity index (χ1) is 16.9. The van der Waals surface area contributed by atoms with Crippen molar-refractivity contribution >= 4 is 50.8 Å². The summed E-state index contributed by atoms with van der Waals surface area (Å²) in [5.74, 6) is -0.578.